The molecule has 2 heterocycles. The van der Waals surface area contributed by atoms with E-state index in [1.807, 2.05) is 13.0 Å². The second-order valence-electron chi connectivity index (χ2n) is 7.44. The zero-order chi connectivity index (χ0) is 18.8. The van der Waals surface area contributed by atoms with Crippen molar-refractivity contribution in [1.82, 2.24) is 14.5 Å². The lowest BCUT2D eigenvalue weighted by molar-refractivity contribution is 0.166. The summed E-state index contributed by atoms with van der Waals surface area (Å²) in [5, 5.41) is 0.489. The van der Waals surface area contributed by atoms with Crippen LogP contribution < -0.4 is 5.56 Å². The minimum Gasteiger partial charge on any atom is -0.299 e. The lowest BCUT2D eigenvalue weighted by Gasteiger charge is -2.32. The molecule has 0 unspecified atom stereocenters. The molecule has 5 heteroatoms. The molecule has 1 aliphatic heterocycles. The maximum absolute atomic E-state index is 13.4. The molecular formula is C22H24FN3O. The molecule has 0 radical (unpaired) electrons. The Labute approximate surface area is 158 Å². The molecule has 0 amide bonds. The van der Waals surface area contributed by atoms with E-state index in [0.29, 0.717) is 29.2 Å². The summed E-state index contributed by atoms with van der Waals surface area (Å²) in [4.78, 5) is 19.8. The molecule has 0 aliphatic carbocycles. The number of likely N-dealkylation sites (tertiary alicyclic amines) is 1. The maximum Gasteiger partial charge on any atom is 0.261 e. The van der Waals surface area contributed by atoms with Gasteiger partial charge in [0, 0.05) is 19.2 Å². The standard InChI is InChI=1S/C22H24FN3O/c1-16-24-21-13-19(23)7-8-20(21)22(27)26(16)15-18-9-11-25(12-10-18)14-17-5-3-2-4-6-17/h2-8,13,18H,9-12,14-15H2,1H3. The summed E-state index contributed by atoms with van der Waals surface area (Å²) < 4.78 is 15.2. The van der Waals surface area contributed by atoms with E-state index in [9.17, 15) is 9.18 Å². The van der Waals surface area contributed by atoms with Crippen molar-refractivity contribution in [2.45, 2.75) is 32.9 Å². The van der Waals surface area contributed by atoms with Gasteiger partial charge in [0.15, 0.2) is 0 Å². The SMILES string of the molecule is Cc1nc2cc(F)ccc2c(=O)n1CC1CCN(Cc2ccccc2)CC1. The van der Waals surface area contributed by atoms with Crippen molar-refractivity contribution in [3.63, 3.8) is 0 Å². The predicted octanol–water partition coefficient (Wildman–Crippen LogP) is 3.76. The largest absolute Gasteiger partial charge is 0.299 e. The Balaban J connectivity index is 1.45. The summed E-state index contributed by atoms with van der Waals surface area (Å²) in [6.07, 6.45) is 2.14. The molecule has 27 heavy (non-hydrogen) atoms. The highest BCUT2D eigenvalue weighted by Gasteiger charge is 2.21. The summed E-state index contributed by atoms with van der Waals surface area (Å²) >= 11 is 0. The number of hydrogen-bond acceptors (Lipinski definition) is 3. The first-order chi connectivity index (χ1) is 13.1. The molecule has 0 spiro atoms. The van der Waals surface area contributed by atoms with E-state index in [4.69, 9.17) is 0 Å². The number of rotatable bonds is 4. The molecule has 4 rings (SSSR count). The number of aromatic nitrogens is 2. The number of piperidine rings is 1. The predicted molar refractivity (Wildman–Crippen MR) is 105 cm³/mol. The normalized spacial score (nSPS) is 16.1. The van der Waals surface area contributed by atoms with E-state index in [-0.39, 0.29) is 11.4 Å². The van der Waals surface area contributed by atoms with Gasteiger partial charge in [0.25, 0.3) is 5.56 Å². The third-order valence-corrected chi connectivity index (χ3v) is 5.51. The molecular weight excluding hydrogens is 341 g/mol. The van der Waals surface area contributed by atoms with Crippen LogP contribution in [0.25, 0.3) is 10.9 Å². The Morgan fingerprint density at radius 2 is 1.85 bits per heavy atom. The first-order valence-corrected chi connectivity index (χ1v) is 9.53. The highest BCUT2D eigenvalue weighted by molar-refractivity contribution is 5.77. The number of hydrogen-bond donors (Lipinski definition) is 0. The third-order valence-electron chi connectivity index (χ3n) is 5.51. The van der Waals surface area contributed by atoms with Gasteiger partial charge in [-0.1, -0.05) is 30.3 Å². The fourth-order valence-corrected chi connectivity index (χ4v) is 3.95. The summed E-state index contributed by atoms with van der Waals surface area (Å²) in [6, 6.07) is 14.7. The fraction of sp³-hybridized carbons (Fsp3) is 0.364. The van der Waals surface area contributed by atoms with Gasteiger partial charge < -0.3 is 0 Å². The zero-order valence-electron chi connectivity index (χ0n) is 15.6. The number of aryl methyl sites for hydroxylation is 1. The van der Waals surface area contributed by atoms with Gasteiger partial charge in [-0.3, -0.25) is 14.3 Å². The molecule has 4 nitrogen and oxygen atoms in total. The summed E-state index contributed by atoms with van der Waals surface area (Å²) in [7, 11) is 0. The molecule has 1 fully saturated rings. The third kappa shape index (κ3) is 3.93. The van der Waals surface area contributed by atoms with Crippen molar-refractivity contribution in [2.24, 2.45) is 5.92 Å². The van der Waals surface area contributed by atoms with Crippen LogP contribution in [0, 0.1) is 18.7 Å². The summed E-state index contributed by atoms with van der Waals surface area (Å²) in [5.41, 5.74) is 1.71. The Morgan fingerprint density at radius 1 is 1.11 bits per heavy atom. The lowest BCUT2D eigenvalue weighted by atomic mass is 9.96. The quantitative estimate of drug-likeness (QED) is 0.707. The van der Waals surface area contributed by atoms with Crippen LogP contribution in [0.2, 0.25) is 0 Å². The van der Waals surface area contributed by atoms with Crippen molar-refractivity contribution in [1.29, 1.82) is 0 Å². The molecule has 1 aromatic heterocycles. The Morgan fingerprint density at radius 3 is 2.59 bits per heavy atom. The minimum absolute atomic E-state index is 0.0655. The molecule has 3 aromatic rings. The first kappa shape index (κ1) is 17.9. The van der Waals surface area contributed by atoms with Crippen molar-refractivity contribution < 1.29 is 4.39 Å². The second-order valence-corrected chi connectivity index (χ2v) is 7.44. The van der Waals surface area contributed by atoms with Crippen molar-refractivity contribution in [2.75, 3.05) is 13.1 Å². The van der Waals surface area contributed by atoms with Gasteiger partial charge >= 0.3 is 0 Å². The van der Waals surface area contributed by atoms with E-state index in [1.54, 1.807) is 10.6 Å². The monoisotopic (exact) mass is 365 g/mol. The van der Waals surface area contributed by atoms with E-state index in [1.165, 1.54) is 17.7 Å². The second kappa shape index (κ2) is 7.61. The number of nitrogens with zero attached hydrogens (tertiary/aromatic N) is 3. The van der Waals surface area contributed by atoms with Crippen LogP contribution >= 0.6 is 0 Å². The van der Waals surface area contributed by atoms with Crippen LogP contribution in [-0.4, -0.2) is 27.5 Å². The molecule has 1 aliphatic rings. The van der Waals surface area contributed by atoms with Crippen molar-refractivity contribution in [3.8, 4) is 0 Å². The molecule has 2 aromatic carbocycles. The zero-order valence-corrected chi connectivity index (χ0v) is 15.6. The molecule has 0 saturated carbocycles. The first-order valence-electron chi connectivity index (χ1n) is 9.53. The van der Waals surface area contributed by atoms with Crippen LogP contribution in [-0.2, 0) is 13.1 Å². The minimum atomic E-state index is -0.364. The Kier molecular flexibility index (Phi) is 5.03. The topological polar surface area (TPSA) is 38.1 Å². The number of fused-ring (bicyclic) bond motifs is 1. The van der Waals surface area contributed by atoms with Gasteiger partial charge in [0.05, 0.1) is 10.9 Å². The van der Waals surface area contributed by atoms with Gasteiger partial charge in [-0.2, -0.15) is 0 Å². The van der Waals surface area contributed by atoms with Gasteiger partial charge in [-0.15, -0.1) is 0 Å². The van der Waals surface area contributed by atoms with Crippen LogP contribution in [0.3, 0.4) is 0 Å². The summed E-state index contributed by atoms with van der Waals surface area (Å²) in [5.74, 6) is 0.760. The van der Waals surface area contributed by atoms with Crippen LogP contribution in [0.4, 0.5) is 4.39 Å². The highest BCUT2D eigenvalue weighted by Crippen LogP contribution is 2.21. The molecule has 0 bridgehead atoms. The Bertz CT molecular complexity index is 992. The van der Waals surface area contributed by atoms with Gasteiger partial charge in [0.1, 0.15) is 11.6 Å². The lowest BCUT2D eigenvalue weighted by Crippen LogP contribution is -2.36. The van der Waals surface area contributed by atoms with E-state index in [0.717, 1.165) is 32.5 Å². The van der Waals surface area contributed by atoms with E-state index < -0.39 is 0 Å². The van der Waals surface area contributed by atoms with Crippen LogP contribution in [0.1, 0.15) is 24.2 Å². The fourth-order valence-electron chi connectivity index (χ4n) is 3.95. The van der Waals surface area contributed by atoms with Crippen LogP contribution in [0.15, 0.2) is 53.3 Å². The smallest absolute Gasteiger partial charge is 0.261 e. The average molecular weight is 365 g/mol. The van der Waals surface area contributed by atoms with E-state index >= 15 is 0 Å². The average Bonchev–Trinajstić information content (AvgIpc) is 2.67. The van der Waals surface area contributed by atoms with Crippen molar-refractivity contribution >= 4 is 10.9 Å². The van der Waals surface area contributed by atoms with Gasteiger partial charge in [-0.25, -0.2) is 9.37 Å². The van der Waals surface area contributed by atoms with Gasteiger partial charge in [0.2, 0.25) is 0 Å². The molecule has 140 valence electrons. The maximum atomic E-state index is 13.4. The summed E-state index contributed by atoms with van der Waals surface area (Å²) in [6.45, 7) is 5.58. The molecule has 0 N–H and O–H groups in total. The van der Waals surface area contributed by atoms with Gasteiger partial charge in [-0.05, 0) is 56.5 Å². The number of benzene rings is 2. The highest BCUT2D eigenvalue weighted by atomic mass is 19.1. The van der Waals surface area contributed by atoms with Crippen molar-refractivity contribution in [3.05, 3.63) is 76.1 Å². The van der Waals surface area contributed by atoms with E-state index in [2.05, 4.69) is 34.1 Å². The molecule has 0 atom stereocenters. The number of halogens is 1. The Hall–Kier alpha value is -2.53. The molecule has 1 saturated heterocycles. The van der Waals surface area contributed by atoms with Crippen LogP contribution in [0.5, 0.6) is 0 Å².